The second-order valence-electron chi connectivity index (χ2n) is 4.97. The summed E-state index contributed by atoms with van der Waals surface area (Å²) >= 11 is 0. The van der Waals surface area contributed by atoms with Gasteiger partial charge in [0.15, 0.2) is 0 Å². The van der Waals surface area contributed by atoms with E-state index in [1.165, 1.54) is 24.0 Å². The summed E-state index contributed by atoms with van der Waals surface area (Å²) in [5.74, 6) is 1.56. The van der Waals surface area contributed by atoms with Gasteiger partial charge in [0.25, 0.3) is 0 Å². The molecule has 0 aliphatic carbocycles. The molecule has 0 amide bonds. The van der Waals surface area contributed by atoms with E-state index < -0.39 is 0 Å². The number of hydrogen-bond acceptors (Lipinski definition) is 3. The van der Waals surface area contributed by atoms with Crippen molar-refractivity contribution in [1.29, 1.82) is 0 Å². The quantitative estimate of drug-likeness (QED) is 0.890. The predicted octanol–water partition coefficient (Wildman–Crippen LogP) is 2.69. The fourth-order valence-corrected chi connectivity index (χ4v) is 2.83. The number of hydrogen-bond donors (Lipinski definition) is 1. The molecular formula is C15H23NO2. The Balaban J connectivity index is 2.18. The average Bonchev–Trinajstić information content (AvgIpc) is 2.41. The van der Waals surface area contributed by atoms with E-state index in [1.54, 1.807) is 7.11 Å². The van der Waals surface area contributed by atoms with Crippen LogP contribution in [0.2, 0.25) is 0 Å². The van der Waals surface area contributed by atoms with Gasteiger partial charge in [0.2, 0.25) is 0 Å². The van der Waals surface area contributed by atoms with Gasteiger partial charge < -0.3 is 14.8 Å². The third-order valence-corrected chi connectivity index (χ3v) is 3.81. The highest BCUT2D eigenvalue weighted by molar-refractivity contribution is 5.37. The Labute approximate surface area is 109 Å². The summed E-state index contributed by atoms with van der Waals surface area (Å²) in [5.41, 5.74) is 2.44. The van der Waals surface area contributed by atoms with Crippen molar-refractivity contribution in [2.45, 2.75) is 25.9 Å². The van der Waals surface area contributed by atoms with Gasteiger partial charge in [-0.05, 0) is 62.0 Å². The second kappa shape index (κ2) is 6.21. The molecule has 2 rings (SSSR count). The zero-order chi connectivity index (χ0) is 13.0. The first-order valence-corrected chi connectivity index (χ1v) is 6.64. The van der Waals surface area contributed by atoms with E-state index in [2.05, 4.69) is 24.4 Å². The molecule has 1 aromatic rings. The Bertz CT molecular complexity index is 386. The van der Waals surface area contributed by atoms with Crippen LogP contribution < -0.4 is 10.1 Å². The highest BCUT2D eigenvalue weighted by Crippen LogP contribution is 2.33. The average molecular weight is 249 g/mol. The number of ether oxygens (including phenoxy) is 2. The van der Waals surface area contributed by atoms with Crippen LogP contribution in [0, 0.1) is 12.8 Å². The maximum absolute atomic E-state index is 5.74. The van der Waals surface area contributed by atoms with Gasteiger partial charge in [-0.15, -0.1) is 0 Å². The Morgan fingerprint density at radius 1 is 1.22 bits per heavy atom. The first-order chi connectivity index (χ1) is 8.76. The molecule has 0 saturated carbocycles. The van der Waals surface area contributed by atoms with Crippen molar-refractivity contribution in [2.24, 2.45) is 5.92 Å². The minimum atomic E-state index is 0.205. The van der Waals surface area contributed by atoms with Crippen LogP contribution in [0.5, 0.6) is 5.75 Å². The summed E-state index contributed by atoms with van der Waals surface area (Å²) in [7, 11) is 3.52. The molecule has 1 aliphatic heterocycles. The van der Waals surface area contributed by atoms with E-state index >= 15 is 0 Å². The third-order valence-electron chi connectivity index (χ3n) is 3.81. The molecule has 3 heteroatoms. The predicted molar refractivity (Wildman–Crippen MR) is 73.1 cm³/mol. The molecule has 18 heavy (non-hydrogen) atoms. The van der Waals surface area contributed by atoms with Gasteiger partial charge >= 0.3 is 0 Å². The molecule has 1 heterocycles. The van der Waals surface area contributed by atoms with Crippen LogP contribution in [0.1, 0.15) is 30.1 Å². The molecule has 1 fully saturated rings. The first-order valence-electron chi connectivity index (χ1n) is 6.64. The minimum absolute atomic E-state index is 0.205. The second-order valence-corrected chi connectivity index (χ2v) is 4.97. The van der Waals surface area contributed by atoms with Crippen LogP contribution in [-0.4, -0.2) is 27.3 Å². The lowest BCUT2D eigenvalue weighted by Gasteiger charge is -2.30. The minimum Gasteiger partial charge on any atom is -0.496 e. The topological polar surface area (TPSA) is 30.5 Å². The molecule has 3 nitrogen and oxygen atoms in total. The van der Waals surface area contributed by atoms with E-state index in [9.17, 15) is 0 Å². The molecule has 1 unspecified atom stereocenters. The van der Waals surface area contributed by atoms with Gasteiger partial charge in [0.1, 0.15) is 5.75 Å². The van der Waals surface area contributed by atoms with E-state index in [4.69, 9.17) is 9.47 Å². The number of aryl methyl sites for hydroxylation is 1. The largest absolute Gasteiger partial charge is 0.496 e. The Hall–Kier alpha value is -1.06. The maximum Gasteiger partial charge on any atom is 0.121 e. The number of benzene rings is 1. The molecule has 1 aliphatic rings. The summed E-state index contributed by atoms with van der Waals surface area (Å²) in [6.45, 7) is 4.27. The standard InChI is InChI=1S/C15H23NO2/c1-11-10-13(4-5-14(11)17-2)15(18-3)12-6-8-16-9-7-12/h4-5,10,12,15-16H,6-9H2,1-3H3. The maximum atomic E-state index is 5.74. The van der Waals surface area contributed by atoms with Crippen LogP contribution in [0.4, 0.5) is 0 Å². The molecule has 1 N–H and O–H groups in total. The smallest absolute Gasteiger partial charge is 0.121 e. The van der Waals surface area contributed by atoms with Crippen LogP contribution >= 0.6 is 0 Å². The molecule has 1 aromatic carbocycles. The molecule has 1 atom stereocenters. The molecule has 100 valence electrons. The number of methoxy groups -OCH3 is 2. The Kier molecular flexibility index (Phi) is 4.61. The SMILES string of the molecule is COc1ccc(C(OC)C2CCNCC2)cc1C. The molecule has 0 spiro atoms. The number of rotatable bonds is 4. The molecule has 0 aromatic heterocycles. The fourth-order valence-electron chi connectivity index (χ4n) is 2.83. The van der Waals surface area contributed by atoms with Gasteiger partial charge in [-0.2, -0.15) is 0 Å². The number of piperidine rings is 1. The van der Waals surface area contributed by atoms with Crippen molar-refractivity contribution < 1.29 is 9.47 Å². The highest BCUT2D eigenvalue weighted by Gasteiger charge is 2.25. The van der Waals surface area contributed by atoms with Crippen LogP contribution in [0.15, 0.2) is 18.2 Å². The van der Waals surface area contributed by atoms with Crippen molar-refractivity contribution >= 4 is 0 Å². The van der Waals surface area contributed by atoms with Crippen molar-refractivity contribution in [3.8, 4) is 5.75 Å². The fraction of sp³-hybridized carbons (Fsp3) is 0.600. The van der Waals surface area contributed by atoms with Gasteiger partial charge in [-0.1, -0.05) is 6.07 Å². The molecule has 0 bridgehead atoms. The van der Waals surface area contributed by atoms with Gasteiger partial charge in [0, 0.05) is 7.11 Å². The Morgan fingerprint density at radius 2 is 1.94 bits per heavy atom. The number of nitrogens with one attached hydrogen (secondary N) is 1. The lowest BCUT2D eigenvalue weighted by molar-refractivity contribution is 0.0382. The third kappa shape index (κ3) is 2.85. The Morgan fingerprint density at radius 3 is 2.50 bits per heavy atom. The van der Waals surface area contributed by atoms with E-state index in [0.717, 1.165) is 18.8 Å². The van der Waals surface area contributed by atoms with Gasteiger partial charge in [-0.25, -0.2) is 0 Å². The van der Waals surface area contributed by atoms with E-state index in [1.807, 2.05) is 13.2 Å². The zero-order valence-electron chi connectivity index (χ0n) is 11.5. The summed E-state index contributed by atoms with van der Waals surface area (Å²) < 4.78 is 11.0. The highest BCUT2D eigenvalue weighted by atomic mass is 16.5. The van der Waals surface area contributed by atoms with Crippen molar-refractivity contribution in [3.05, 3.63) is 29.3 Å². The zero-order valence-corrected chi connectivity index (χ0v) is 11.5. The summed E-state index contributed by atoms with van der Waals surface area (Å²) in [6, 6.07) is 6.36. The summed E-state index contributed by atoms with van der Waals surface area (Å²) in [6.07, 6.45) is 2.57. The molecule has 0 radical (unpaired) electrons. The first kappa shape index (κ1) is 13.4. The summed E-state index contributed by atoms with van der Waals surface area (Å²) in [5, 5.41) is 3.40. The van der Waals surface area contributed by atoms with E-state index in [-0.39, 0.29) is 6.10 Å². The summed E-state index contributed by atoms with van der Waals surface area (Å²) in [4.78, 5) is 0. The molecular weight excluding hydrogens is 226 g/mol. The van der Waals surface area contributed by atoms with Crippen LogP contribution in [-0.2, 0) is 4.74 Å². The van der Waals surface area contributed by atoms with E-state index in [0.29, 0.717) is 5.92 Å². The van der Waals surface area contributed by atoms with Crippen molar-refractivity contribution in [3.63, 3.8) is 0 Å². The monoisotopic (exact) mass is 249 g/mol. The van der Waals surface area contributed by atoms with Gasteiger partial charge in [-0.3, -0.25) is 0 Å². The van der Waals surface area contributed by atoms with Crippen molar-refractivity contribution in [2.75, 3.05) is 27.3 Å². The van der Waals surface area contributed by atoms with Gasteiger partial charge in [0.05, 0.1) is 13.2 Å². The van der Waals surface area contributed by atoms with Crippen molar-refractivity contribution in [1.82, 2.24) is 5.32 Å². The lowest BCUT2D eigenvalue weighted by Crippen LogP contribution is -2.31. The molecule has 1 saturated heterocycles. The van der Waals surface area contributed by atoms with Crippen LogP contribution in [0.25, 0.3) is 0 Å². The lowest BCUT2D eigenvalue weighted by atomic mass is 9.87. The van der Waals surface area contributed by atoms with Crippen LogP contribution in [0.3, 0.4) is 0 Å². The normalized spacial score (nSPS) is 18.6.